The third kappa shape index (κ3) is 6.00. The maximum atomic E-state index is 11.8. The van der Waals surface area contributed by atoms with Crippen molar-refractivity contribution in [2.24, 2.45) is 0 Å². The Kier molecular flexibility index (Phi) is 6.94. The van der Waals surface area contributed by atoms with Crippen LogP contribution in [0.1, 0.15) is 6.92 Å². The number of hydrogen-bond donors (Lipinski definition) is 2. The topological polar surface area (TPSA) is 59.6 Å². The number of carbonyl (C=O) groups is 1. The number of benzene rings is 2. The maximum Gasteiger partial charge on any atom is 0.238 e. The van der Waals surface area contributed by atoms with Crippen LogP contribution in [0.25, 0.3) is 0 Å². The molecule has 122 valence electrons. The van der Waals surface area contributed by atoms with Crippen molar-refractivity contribution >= 4 is 11.6 Å². The van der Waals surface area contributed by atoms with Crippen LogP contribution in [-0.4, -0.2) is 32.2 Å². The van der Waals surface area contributed by atoms with Gasteiger partial charge in [-0.25, -0.2) is 0 Å². The summed E-state index contributed by atoms with van der Waals surface area (Å²) in [5.41, 5.74) is 0.662. The standard InChI is InChI=1S/C18H22N2O3/c1-2-19-14-18(21)20-16-10-6-7-11-17(16)23-13-12-22-15-8-4-3-5-9-15/h3-11,19H,2,12-14H2,1H3,(H,20,21). The first-order chi connectivity index (χ1) is 11.3. The molecular formula is C18H22N2O3. The molecule has 0 saturated heterocycles. The molecule has 0 radical (unpaired) electrons. The quantitative estimate of drug-likeness (QED) is 0.699. The molecule has 0 spiro atoms. The molecule has 0 saturated carbocycles. The van der Waals surface area contributed by atoms with Gasteiger partial charge in [-0.15, -0.1) is 0 Å². The molecule has 0 bridgehead atoms. The van der Waals surface area contributed by atoms with Crippen LogP contribution < -0.4 is 20.1 Å². The van der Waals surface area contributed by atoms with Crippen LogP contribution in [0, 0.1) is 0 Å². The lowest BCUT2D eigenvalue weighted by Gasteiger charge is -2.13. The number of carbonyl (C=O) groups excluding carboxylic acids is 1. The Morgan fingerprint density at radius 1 is 0.957 bits per heavy atom. The van der Waals surface area contributed by atoms with Gasteiger partial charge in [-0.3, -0.25) is 4.79 Å². The summed E-state index contributed by atoms with van der Waals surface area (Å²) in [5, 5.41) is 5.82. The zero-order valence-electron chi connectivity index (χ0n) is 13.2. The van der Waals surface area contributed by atoms with Crippen molar-refractivity contribution in [1.29, 1.82) is 0 Å². The number of para-hydroxylation sites is 3. The van der Waals surface area contributed by atoms with E-state index in [1.807, 2.05) is 61.5 Å². The molecule has 0 fully saturated rings. The van der Waals surface area contributed by atoms with E-state index in [2.05, 4.69) is 10.6 Å². The molecule has 0 aliphatic rings. The molecule has 0 aromatic heterocycles. The summed E-state index contributed by atoms with van der Waals surface area (Å²) >= 11 is 0. The molecule has 2 aromatic carbocycles. The molecule has 0 aliphatic carbocycles. The van der Waals surface area contributed by atoms with Crippen molar-refractivity contribution in [3.8, 4) is 11.5 Å². The molecule has 5 heteroatoms. The molecule has 23 heavy (non-hydrogen) atoms. The monoisotopic (exact) mass is 314 g/mol. The van der Waals surface area contributed by atoms with Gasteiger partial charge in [-0.05, 0) is 30.8 Å². The third-order valence-corrected chi connectivity index (χ3v) is 3.05. The summed E-state index contributed by atoms with van der Waals surface area (Å²) < 4.78 is 11.3. The van der Waals surface area contributed by atoms with Gasteiger partial charge < -0.3 is 20.1 Å². The minimum Gasteiger partial charge on any atom is -0.490 e. The molecule has 0 heterocycles. The van der Waals surface area contributed by atoms with Crippen LogP contribution in [0.4, 0.5) is 5.69 Å². The first-order valence-corrected chi connectivity index (χ1v) is 7.70. The lowest BCUT2D eigenvalue weighted by Crippen LogP contribution is -2.28. The summed E-state index contributed by atoms with van der Waals surface area (Å²) in [4.78, 5) is 11.8. The minimum absolute atomic E-state index is 0.0940. The predicted octanol–water partition coefficient (Wildman–Crippen LogP) is 2.69. The Bertz CT molecular complexity index is 602. The molecular weight excluding hydrogens is 292 g/mol. The Labute approximate surface area is 136 Å². The molecule has 0 unspecified atom stereocenters. The second-order valence-electron chi connectivity index (χ2n) is 4.83. The summed E-state index contributed by atoms with van der Waals surface area (Å²) in [5.74, 6) is 1.35. The van der Waals surface area contributed by atoms with Crippen molar-refractivity contribution in [1.82, 2.24) is 5.32 Å². The van der Waals surface area contributed by atoms with Gasteiger partial charge in [0.2, 0.25) is 5.91 Å². The smallest absolute Gasteiger partial charge is 0.238 e. The van der Waals surface area contributed by atoms with E-state index >= 15 is 0 Å². The van der Waals surface area contributed by atoms with Crippen molar-refractivity contribution < 1.29 is 14.3 Å². The number of ether oxygens (including phenoxy) is 2. The number of rotatable bonds is 9. The first-order valence-electron chi connectivity index (χ1n) is 7.70. The maximum absolute atomic E-state index is 11.8. The second-order valence-corrected chi connectivity index (χ2v) is 4.83. The first kappa shape index (κ1) is 16.8. The highest BCUT2D eigenvalue weighted by Gasteiger charge is 2.07. The highest BCUT2D eigenvalue weighted by Crippen LogP contribution is 2.23. The van der Waals surface area contributed by atoms with Gasteiger partial charge in [0, 0.05) is 0 Å². The van der Waals surface area contributed by atoms with Crippen molar-refractivity contribution in [2.45, 2.75) is 6.92 Å². The average molecular weight is 314 g/mol. The van der Waals surface area contributed by atoms with Gasteiger partial charge in [-0.1, -0.05) is 37.3 Å². The molecule has 2 N–H and O–H groups in total. The largest absolute Gasteiger partial charge is 0.490 e. The Hall–Kier alpha value is -2.53. The lowest BCUT2D eigenvalue weighted by atomic mass is 10.3. The van der Waals surface area contributed by atoms with Crippen LogP contribution in [0.5, 0.6) is 11.5 Å². The van der Waals surface area contributed by atoms with Gasteiger partial charge in [0.15, 0.2) is 0 Å². The molecule has 0 aliphatic heterocycles. The number of hydrogen-bond acceptors (Lipinski definition) is 4. The van der Waals surface area contributed by atoms with Gasteiger partial charge in [0.05, 0.1) is 12.2 Å². The lowest BCUT2D eigenvalue weighted by molar-refractivity contribution is -0.115. The van der Waals surface area contributed by atoms with Crippen molar-refractivity contribution in [2.75, 3.05) is 31.6 Å². The molecule has 1 amide bonds. The van der Waals surface area contributed by atoms with Gasteiger partial charge in [0.25, 0.3) is 0 Å². The van der Waals surface area contributed by atoms with Gasteiger partial charge >= 0.3 is 0 Å². The fraction of sp³-hybridized carbons (Fsp3) is 0.278. The highest BCUT2D eigenvalue weighted by atomic mass is 16.5. The van der Waals surface area contributed by atoms with E-state index in [1.165, 1.54) is 0 Å². The fourth-order valence-corrected chi connectivity index (χ4v) is 1.96. The van der Waals surface area contributed by atoms with Crippen molar-refractivity contribution in [3.05, 3.63) is 54.6 Å². The van der Waals surface area contributed by atoms with Crippen molar-refractivity contribution in [3.63, 3.8) is 0 Å². The van der Waals surface area contributed by atoms with Crippen LogP contribution in [0.15, 0.2) is 54.6 Å². The van der Waals surface area contributed by atoms with E-state index < -0.39 is 0 Å². The normalized spacial score (nSPS) is 10.1. The highest BCUT2D eigenvalue weighted by molar-refractivity contribution is 5.93. The van der Waals surface area contributed by atoms with E-state index in [0.717, 1.165) is 12.3 Å². The SMILES string of the molecule is CCNCC(=O)Nc1ccccc1OCCOc1ccccc1. The predicted molar refractivity (Wildman–Crippen MR) is 91.0 cm³/mol. The molecule has 2 rings (SSSR count). The third-order valence-electron chi connectivity index (χ3n) is 3.05. The Morgan fingerprint density at radius 3 is 2.43 bits per heavy atom. The number of amides is 1. The van der Waals surface area contributed by atoms with E-state index in [1.54, 1.807) is 0 Å². The Morgan fingerprint density at radius 2 is 1.65 bits per heavy atom. The van der Waals surface area contributed by atoms with E-state index in [9.17, 15) is 4.79 Å². The summed E-state index contributed by atoms with van der Waals surface area (Å²) in [6, 6.07) is 16.9. The minimum atomic E-state index is -0.0940. The van der Waals surface area contributed by atoms with Crippen LogP contribution in [0.2, 0.25) is 0 Å². The summed E-state index contributed by atoms with van der Waals surface area (Å²) in [6.07, 6.45) is 0. The van der Waals surface area contributed by atoms with Crippen LogP contribution in [0.3, 0.4) is 0 Å². The van der Waals surface area contributed by atoms with Gasteiger partial charge in [0.1, 0.15) is 24.7 Å². The molecule has 5 nitrogen and oxygen atoms in total. The average Bonchev–Trinajstić information content (AvgIpc) is 2.59. The van der Waals surface area contributed by atoms with E-state index in [-0.39, 0.29) is 12.5 Å². The van der Waals surface area contributed by atoms with Crippen LogP contribution >= 0.6 is 0 Å². The van der Waals surface area contributed by atoms with Crippen LogP contribution in [-0.2, 0) is 4.79 Å². The molecule has 2 aromatic rings. The summed E-state index contributed by atoms with van der Waals surface area (Å²) in [7, 11) is 0. The number of likely N-dealkylation sites (N-methyl/N-ethyl adjacent to an activating group) is 1. The number of nitrogens with one attached hydrogen (secondary N) is 2. The second kappa shape index (κ2) is 9.48. The van der Waals surface area contributed by atoms with E-state index in [4.69, 9.17) is 9.47 Å². The van der Waals surface area contributed by atoms with E-state index in [0.29, 0.717) is 24.7 Å². The van der Waals surface area contributed by atoms with Gasteiger partial charge in [-0.2, -0.15) is 0 Å². The number of anilines is 1. The summed E-state index contributed by atoms with van der Waals surface area (Å²) in [6.45, 7) is 3.82. The Balaban J connectivity index is 1.81. The fourth-order valence-electron chi connectivity index (χ4n) is 1.96. The zero-order valence-corrected chi connectivity index (χ0v) is 13.2. The molecule has 0 atom stereocenters. The zero-order chi connectivity index (χ0) is 16.3.